The van der Waals surface area contributed by atoms with Crippen molar-refractivity contribution in [2.75, 3.05) is 6.61 Å². The van der Waals surface area contributed by atoms with Crippen molar-refractivity contribution >= 4 is 22.9 Å². The predicted octanol–water partition coefficient (Wildman–Crippen LogP) is 4.17. The first kappa shape index (κ1) is 14.9. The van der Waals surface area contributed by atoms with Gasteiger partial charge in [-0.3, -0.25) is 0 Å². The van der Waals surface area contributed by atoms with Crippen molar-refractivity contribution in [3.05, 3.63) is 51.2 Å². The molecule has 0 radical (unpaired) electrons. The Morgan fingerprint density at radius 2 is 2.25 bits per heavy atom. The van der Waals surface area contributed by atoms with Crippen molar-refractivity contribution in [1.29, 1.82) is 5.26 Å². The second kappa shape index (κ2) is 7.30. The number of thiophene rings is 1. The van der Waals surface area contributed by atoms with Crippen LogP contribution in [0.5, 0.6) is 5.75 Å². The Morgan fingerprint density at radius 3 is 2.90 bits per heavy atom. The van der Waals surface area contributed by atoms with Crippen LogP contribution in [0.2, 0.25) is 5.02 Å². The summed E-state index contributed by atoms with van der Waals surface area (Å²) in [4.78, 5) is 0. The van der Waals surface area contributed by atoms with E-state index < -0.39 is 0 Å². The number of nitriles is 1. The molecule has 1 unspecified atom stereocenters. The Labute approximate surface area is 127 Å². The van der Waals surface area contributed by atoms with Gasteiger partial charge in [0.1, 0.15) is 17.9 Å². The average Bonchev–Trinajstić information content (AvgIpc) is 2.97. The Balaban J connectivity index is 2.24. The summed E-state index contributed by atoms with van der Waals surface area (Å²) < 4.78 is 5.95. The third-order valence-electron chi connectivity index (χ3n) is 2.87. The Hall–Kier alpha value is -1.54. The summed E-state index contributed by atoms with van der Waals surface area (Å²) in [5.41, 5.74) is 1.51. The molecule has 0 saturated carbocycles. The molecule has 0 fully saturated rings. The molecule has 0 amide bonds. The first-order chi connectivity index (χ1) is 9.74. The van der Waals surface area contributed by atoms with Crippen LogP contribution in [0.3, 0.4) is 0 Å². The van der Waals surface area contributed by atoms with Crippen LogP contribution in [0.1, 0.15) is 30.1 Å². The van der Waals surface area contributed by atoms with E-state index in [-0.39, 0.29) is 12.7 Å². The maximum atomic E-state index is 9.12. The second-order valence-corrected chi connectivity index (χ2v) is 5.50. The maximum Gasteiger partial charge on any atom is 0.139 e. The van der Waals surface area contributed by atoms with Crippen molar-refractivity contribution in [2.24, 2.45) is 0 Å². The highest BCUT2D eigenvalue weighted by Crippen LogP contribution is 2.31. The third-order valence-corrected chi connectivity index (χ3v) is 3.81. The normalized spacial score (nSPS) is 11.8. The fourth-order valence-corrected chi connectivity index (χ4v) is 2.73. The van der Waals surface area contributed by atoms with E-state index in [1.165, 1.54) is 0 Å². The Bertz CT molecular complexity index is 592. The lowest BCUT2D eigenvalue weighted by molar-refractivity contribution is 0.175. The smallest absolute Gasteiger partial charge is 0.139 e. The van der Waals surface area contributed by atoms with Crippen molar-refractivity contribution in [3.8, 4) is 11.8 Å². The molecule has 0 aliphatic carbocycles. The Kier molecular flexibility index (Phi) is 5.42. The van der Waals surface area contributed by atoms with Gasteiger partial charge in [0.2, 0.25) is 0 Å². The van der Waals surface area contributed by atoms with Crippen LogP contribution in [0.4, 0.5) is 0 Å². The molecule has 0 aliphatic heterocycles. The van der Waals surface area contributed by atoms with Gasteiger partial charge in [-0.2, -0.15) is 16.6 Å². The lowest BCUT2D eigenvalue weighted by atomic mass is 10.1. The first-order valence-electron chi connectivity index (χ1n) is 6.24. The van der Waals surface area contributed by atoms with Gasteiger partial charge in [0.15, 0.2) is 0 Å². The van der Waals surface area contributed by atoms with Gasteiger partial charge in [0.25, 0.3) is 0 Å². The summed E-state index contributed by atoms with van der Waals surface area (Å²) in [5, 5.41) is 22.6. The van der Waals surface area contributed by atoms with Gasteiger partial charge < -0.3 is 9.84 Å². The summed E-state index contributed by atoms with van der Waals surface area (Å²) in [6, 6.07) is 9.05. The number of benzene rings is 1. The van der Waals surface area contributed by atoms with Crippen LogP contribution >= 0.6 is 22.9 Å². The molecule has 1 aromatic heterocycles. The van der Waals surface area contributed by atoms with Gasteiger partial charge in [-0.05, 0) is 41.8 Å². The highest BCUT2D eigenvalue weighted by molar-refractivity contribution is 7.07. The van der Waals surface area contributed by atoms with E-state index in [9.17, 15) is 0 Å². The molecule has 0 saturated heterocycles. The number of aliphatic hydroxyl groups is 1. The summed E-state index contributed by atoms with van der Waals surface area (Å²) in [5.74, 6) is 0.481. The molecular weight excluding hydrogens is 294 g/mol. The first-order valence-corrected chi connectivity index (χ1v) is 7.56. The van der Waals surface area contributed by atoms with Gasteiger partial charge in [-0.15, -0.1) is 0 Å². The molecule has 5 heteroatoms. The van der Waals surface area contributed by atoms with Gasteiger partial charge >= 0.3 is 0 Å². The molecule has 104 valence electrons. The van der Waals surface area contributed by atoms with Crippen LogP contribution in [0.15, 0.2) is 35.0 Å². The molecule has 0 spiro atoms. The zero-order valence-corrected chi connectivity index (χ0v) is 12.3. The summed E-state index contributed by atoms with van der Waals surface area (Å²) >= 11 is 7.55. The van der Waals surface area contributed by atoms with Crippen molar-refractivity contribution < 1.29 is 9.84 Å². The number of rotatable bonds is 6. The number of ether oxygens (including phenoxy) is 1. The third kappa shape index (κ3) is 3.73. The molecular formula is C15H14ClNO2S. The summed E-state index contributed by atoms with van der Waals surface area (Å²) in [6.07, 6.45) is 1.15. The van der Waals surface area contributed by atoms with Gasteiger partial charge in [0.05, 0.1) is 5.56 Å². The molecule has 1 aromatic carbocycles. The fourth-order valence-electron chi connectivity index (χ4n) is 1.87. The molecule has 2 aromatic rings. The van der Waals surface area contributed by atoms with Gasteiger partial charge in [-0.1, -0.05) is 11.6 Å². The van der Waals surface area contributed by atoms with Crippen LogP contribution in [0, 0.1) is 11.3 Å². The highest BCUT2D eigenvalue weighted by atomic mass is 35.5. The number of hydrogen-bond acceptors (Lipinski definition) is 4. The molecule has 2 rings (SSSR count). The average molecular weight is 308 g/mol. The Morgan fingerprint density at radius 1 is 1.40 bits per heavy atom. The molecule has 3 nitrogen and oxygen atoms in total. The second-order valence-electron chi connectivity index (χ2n) is 4.28. The maximum absolute atomic E-state index is 9.12. The lowest BCUT2D eigenvalue weighted by Gasteiger charge is -2.19. The van der Waals surface area contributed by atoms with Crippen LogP contribution in [-0.4, -0.2) is 11.7 Å². The van der Waals surface area contributed by atoms with E-state index in [0.29, 0.717) is 29.2 Å². The van der Waals surface area contributed by atoms with E-state index in [0.717, 1.165) is 5.56 Å². The van der Waals surface area contributed by atoms with E-state index in [1.54, 1.807) is 29.5 Å². The number of halogens is 1. The zero-order chi connectivity index (χ0) is 14.4. The SMILES string of the molecule is N#Cc1ccc(Cl)cc1OC(CCCO)c1ccsc1. The number of hydrogen-bond donors (Lipinski definition) is 1. The summed E-state index contributed by atoms with van der Waals surface area (Å²) in [6.45, 7) is 0.116. The van der Waals surface area contributed by atoms with Crippen molar-refractivity contribution in [2.45, 2.75) is 18.9 Å². The number of nitrogens with zero attached hydrogens (tertiary/aromatic N) is 1. The fraction of sp³-hybridized carbons (Fsp3) is 0.267. The van der Waals surface area contributed by atoms with Gasteiger partial charge in [-0.25, -0.2) is 0 Å². The van der Waals surface area contributed by atoms with Crippen molar-refractivity contribution in [1.82, 2.24) is 0 Å². The number of aliphatic hydroxyl groups excluding tert-OH is 1. The lowest BCUT2D eigenvalue weighted by Crippen LogP contribution is -2.08. The van der Waals surface area contributed by atoms with Crippen LogP contribution < -0.4 is 4.74 Å². The van der Waals surface area contributed by atoms with Crippen LogP contribution in [0.25, 0.3) is 0 Å². The molecule has 1 atom stereocenters. The summed E-state index contributed by atoms with van der Waals surface area (Å²) in [7, 11) is 0. The zero-order valence-electron chi connectivity index (χ0n) is 10.8. The quantitative estimate of drug-likeness (QED) is 0.871. The largest absolute Gasteiger partial charge is 0.484 e. The van der Waals surface area contributed by atoms with Crippen LogP contribution in [-0.2, 0) is 0 Å². The monoisotopic (exact) mass is 307 g/mol. The van der Waals surface area contributed by atoms with E-state index >= 15 is 0 Å². The van der Waals surface area contributed by atoms with E-state index in [1.807, 2.05) is 16.8 Å². The van der Waals surface area contributed by atoms with E-state index in [2.05, 4.69) is 6.07 Å². The topological polar surface area (TPSA) is 53.2 Å². The minimum absolute atomic E-state index is 0.116. The molecule has 20 heavy (non-hydrogen) atoms. The minimum Gasteiger partial charge on any atom is -0.484 e. The molecule has 1 heterocycles. The standard InChI is InChI=1S/C15H14ClNO2S/c16-13-4-3-11(9-17)15(8-13)19-14(2-1-6-18)12-5-7-20-10-12/h3-5,7-8,10,14,18H,1-2,6H2. The van der Waals surface area contributed by atoms with Gasteiger partial charge in [0, 0.05) is 23.3 Å². The van der Waals surface area contributed by atoms with Crippen molar-refractivity contribution in [3.63, 3.8) is 0 Å². The molecule has 1 N–H and O–H groups in total. The molecule has 0 bridgehead atoms. The van der Waals surface area contributed by atoms with E-state index in [4.69, 9.17) is 26.7 Å². The minimum atomic E-state index is -0.182. The predicted molar refractivity (Wildman–Crippen MR) is 80.2 cm³/mol. The molecule has 0 aliphatic rings. The highest BCUT2D eigenvalue weighted by Gasteiger charge is 2.16.